The van der Waals surface area contributed by atoms with Crippen molar-refractivity contribution < 1.29 is 18.7 Å². The minimum Gasteiger partial charge on any atom is -0.444 e. The number of ether oxygens (including phenoxy) is 1. The molecule has 0 saturated heterocycles. The molecule has 3 aromatic rings. The van der Waals surface area contributed by atoms with E-state index in [9.17, 15) is 14.0 Å². The standard InChI is InChI=1S/C18H18FN5O3/c1-18(2,3)27-17(26)23-14-9-11(5-6-13(14)19)22-16(25)12-10-21-24-8-4-7-20-15(12)24/h4-10H,1-3H3,(H,22,25)(H,23,26). The molecule has 0 aliphatic carbocycles. The first kappa shape index (κ1) is 18.3. The number of carbonyl (C=O) groups is 2. The third kappa shape index (κ3) is 4.38. The minimum absolute atomic E-state index is 0.111. The average Bonchev–Trinajstić information content (AvgIpc) is 3.00. The maximum atomic E-state index is 14.0. The largest absolute Gasteiger partial charge is 0.444 e. The molecule has 8 nitrogen and oxygen atoms in total. The number of nitrogens with zero attached hydrogens (tertiary/aromatic N) is 3. The second-order valence-electron chi connectivity index (χ2n) is 6.72. The molecule has 1 aromatic carbocycles. The fourth-order valence-corrected chi connectivity index (χ4v) is 2.30. The number of halogens is 1. The van der Waals surface area contributed by atoms with Gasteiger partial charge in [-0.05, 0) is 45.0 Å². The molecule has 0 aliphatic rings. The lowest BCUT2D eigenvalue weighted by Gasteiger charge is -2.20. The van der Waals surface area contributed by atoms with Gasteiger partial charge in [0.2, 0.25) is 0 Å². The van der Waals surface area contributed by atoms with Crippen molar-refractivity contribution in [1.82, 2.24) is 14.6 Å². The van der Waals surface area contributed by atoms with Gasteiger partial charge in [-0.15, -0.1) is 0 Å². The summed E-state index contributed by atoms with van der Waals surface area (Å²) in [5.41, 5.74) is 0.122. The van der Waals surface area contributed by atoms with E-state index in [-0.39, 0.29) is 11.3 Å². The van der Waals surface area contributed by atoms with Gasteiger partial charge in [-0.2, -0.15) is 5.10 Å². The Balaban J connectivity index is 1.77. The molecule has 0 saturated carbocycles. The second kappa shape index (κ2) is 7.02. The van der Waals surface area contributed by atoms with Crippen molar-refractivity contribution in [2.24, 2.45) is 0 Å². The number of aromatic nitrogens is 3. The van der Waals surface area contributed by atoms with Crippen LogP contribution in [0.25, 0.3) is 5.65 Å². The monoisotopic (exact) mass is 371 g/mol. The average molecular weight is 371 g/mol. The first-order valence-electron chi connectivity index (χ1n) is 8.12. The van der Waals surface area contributed by atoms with E-state index in [4.69, 9.17) is 4.74 Å². The molecule has 2 amide bonds. The van der Waals surface area contributed by atoms with E-state index in [1.165, 1.54) is 22.8 Å². The van der Waals surface area contributed by atoms with Crippen molar-refractivity contribution >= 4 is 29.0 Å². The summed E-state index contributed by atoms with van der Waals surface area (Å²) in [4.78, 5) is 28.4. The Morgan fingerprint density at radius 2 is 2.00 bits per heavy atom. The summed E-state index contributed by atoms with van der Waals surface area (Å²) in [6, 6.07) is 5.51. The van der Waals surface area contributed by atoms with E-state index >= 15 is 0 Å². The molecule has 9 heteroatoms. The Morgan fingerprint density at radius 1 is 1.22 bits per heavy atom. The van der Waals surface area contributed by atoms with Crippen LogP contribution in [0.5, 0.6) is 0 Å². The summed E-state index contributed by atoms with van der Waals surface area (Å²) in [6.07, 6.45) is 3.81. The fraction of sp³-hybridized carbons (Fsp3) is 0.222. The van der Waals surface area contributed by atoms with Crippen LogP contribution in [0.3, 0.4) is 0 Å². The van der Waals surface area contributed by atoms with Crippen LogP contribution in [-0.2, 0) is 4.74 Å². The molecule has 2 heterocycles. The predicted octanol–water partition coefficient (Wildman–Crippen LogP) is 3.47. The fourth-order valence-electron chi connectivity index (χ4n) is 2.30. The molecule has 0 fully saturated rings. The number of carbonyl (C=O) groups excluding carboxylic acids is 2. The van der Waals surface area contributed by atoms with Gasteiger partial charge in [-0.1, -0.05) is 0 Å². The van der Waals surface area contributed by atoms with Gasteiger partial charge in [0.25, 0.3) is 5.91 Å². The normalized spacial score (nSPS) is 11.3. The second-order valence-corrected chi connectivity index (χ2v) is 6.72. The van der Waals surface area contributed by atoms with Crippen LogP contribution in [0.1, 0.15) is 31.1 Å². The Labute approximate surface area is 154 Å². The van der Waals surface area contributed by atoms with Crippen LogP contribution >= 0.6 is 0 Å². The SMILES string of the molecule is CC(C)(C)OC(=O)Nc1cc(NC(=O)c2cnn3cccnc23)ccc1F. The summed E-state index contributed by atoms with van der Waals surface area (Å²) >= 11 is 0. The number of hydrogen-bond donors (Lipinski definition) is 2. The van der Waals surface area contributed by atoms with Crippen molar-refractivity contribution in [2.45, 2.75) is 26.4 Å². The predicted molar refractivity (Wildman–Crippen MR) is 97.2 cm³/mol. The third-order valence-electron chi connectivity index (χ3n) is 3.38. The van der Waals surface area contributed by atoms with E-state index in [0.717, 1.165) is 6.07 Å². The van der Waals surface area contributed by atoms with Crippen LogP contribution in [0.2, 0.25) is 0 Å². The number of fused-ring (bicyclic) bond motifs is 1. The Morgan fingerprint density at radius 3 is 2.74 bits per heavy atom. The maximum Gasteiger partial charge on any atom is 0.412 e. The first-order valence-corrected chi connectivity index (χ1v) is 8.12. The van der Waals surface area contributed by atoms with Gasteiger partial charge >= 0.3 is 6.09 Å². The lowest BCUT2D eigenvalue weighted by Crippen LogP contribution is -2.27. The molecule has 27 heavy (non-hydrogen) atoms. The van der Waals surface area contributed by atoms with Crippen molar-refractivity contribution in [3.05, 3.63) is 54.2 Å². The highest BCUT2D eigenvalue weighted by Gasteiger charge is 2.18. The van der Waals surface area contributed by atoms with Crippen LogP contribution in [0.15, 0.2) is 42.9 Å². The van der Waals surface area contributed by atoms with Gasteiger partial charge < -0.3 is 10.1 Å². The van der Waals surface area contributed by atoms with Gasteiger partial charge in [0, 0.05) is 18.1 Å². The summed E-state index contributed by atoms with van der Waals surface area (Å²) < 4.78 is 20.5. The number of benzene rings is 1. The summed E-state index contributed by atoms with van der Waals surface area (Å²) in [5, 5.41) is 9.01. The van der Waals surface area contributed by atoms with Crippen LogP contribution in [-0.4, -0.2) is 32.2 Å². The van der Waals surface area contributed by atoms with E-state index < -0.39 is 23.4 Å². The Kier molecular flexibility index (Phi) is 4.76. The van der Waals surface area contributed by atoms with Crippen molar-refractivity contribution in [3.63, 3.8) is 0 Å². The van der Waals surface area contributed by atoms with Gasteiger partial charge in [0.15, 0.2) is 5.65 Å². The van der Waals surface area contributed by atoms with Gasteiger partial charge in [-0.3, -0.25) is 10.1 Å². The van der Waals surface area contributed by atoms with Crippen molar-refractivity contribution in [3.8, 4) is 0 Å². The Hall–Kier alpha value is -3.49. The highest BCUT2D eigenvalue weighted by atomic mass is 19.1. The summed E-state index contributed by atoms with van der Waals surface area (Å²) in [6.45, 7) is 5.09. The number of anilines is 2. The number of hydrogen-bond acceptors (Lipinski definition) is 5. The van der Waals surface area contributed by atoms with E-state index in [2.05, 4.69) is 20.7 Å². The zero-order chi connectivity index (χ0) is 19.6. The molecule has 140 valence electrons. The van der Waals surface area contributed by atoms with Crippen molar-refractivity contribution in [1.29, 1.82) is 0 Å². The number of nitrogens with one attached hydrogen (secondary N) is 2. The molecule has 3 rings (SSSR count). The molecular weight excluding hydrogens is 353 g/mol. The van der Waals surface area contributed by atoms with Crippen LogP contribution in [0, 0.1) is 5.82 Å². The lowest BCUT2D eigenvalue weighted by molar-refractivity contribution is 0.0635. The summed E-state index contributed by atoms with van der Waals surface area (Å²) in [5.74, 6) is -1.12. The minimum atomic E-state index is -0.795. The molecule has 2 aromatic heterocycles. The summed E-state index contributed by atoms with van der Waals surface area (Å²) in [7, 11) is 0. The zero-order valence-corrected chi connectivity index (χ0v) is 15.0. The molecular formula is C18H18FN5O3. The van der Waals surface area contributed by atoms with E-state index in [1.807, 2.05) is 0 Å². The molecule has 0 atom stereocenters. The molecule has 0 bridgehead atoms. The molecule has 2 N–H and O–H groups in total. The Bertz CT molecular complexity index is 1010. The quantitative estimate of drug-likeness (QED) is 0.735. The number of rotatable bonds is 3. The molecule has 0 radical (unpaired) electrons. The lowest BCUT2D eigenvalue weighted by atomic mass is 10.2. The van der Waals surface area contributed by atoms with Crippen LogP contribution < -0.4 is 10.6 Å². The van der Waals surface area contributed by atoms with E-state index in [0.29, 0.717) is 11.3 Å². The van der Waals surface area contributed by atoms with Crippen LogP contribution in [0.4, 0.5) is 20.6 Å². The molecule has 0 unspecified atom stereocenters. The highest BCUT2D eigenvalue weighted by Crippen LogP contribution is 2.21. The van der Waals surface area contributed by atoms with Gasteiger partial charge in [-0.25, -0.2) is 18.7 Å². The smallest absolute Gasteiger partial charge is 0.412 e. The zero-order valence-electron chi connectivity index (χ0n) is 15.0. The third-order valence-corrected chi connectivity index (χ3v) is 3.38. The van der Waals surface area contributed by atoms with Crippen molar-refractivity contribution in [2.75, 3.05) is 10.6 Å². The first-order chi connectivity index (χ1) is 12.7. The van der Waals surface area contributed by atoms with Gasteiger partial charge in [0.05, 0.1) is 11.9 Å². The van der Waals surface area contributed by atoms with Gasteiger partial charge in [0.1, 0.15) is 17.0 Å². The van der Waals surface area contributed by atoms with E-state index in [1.54, 1.807) is 39.2 Å². The molecule has 0 spiro atoms. The topological polar surface area (TPSA) is 97.6 Å². The number of amides is 2. The maximum absolute atomic E-state index is 14.0. The highest BCUT2D eigenvalue weighted by molar-refractivity contribution is 6.08. The molecule has 0 aliphatic heterocycles.